The zero-order valence-electron chi connectivity index (χ0n) is 13.8. The highest BCUT2D eigenvalue weighted by Gasteiger charge is 2.26. The minimum atomic E-state index is -0.838. The molecule has 0 aliphatic heterocycles. The van der Waals surface area contributed by atoms with Gasteiger partial charge in [-0.1, -0.05) is 23.7 Å². The lowest BCUT2D eigenvalue weighted by molar-refractivity contribution is -0.136. The molecule has 0 atom stereocenters. The summed E-state index contributed by atoms with van der Waals surface area (Å²) in [4.78, 5) is 21.1. The van der Waals surface area contributed by atoms with Crippen molar-refractivity contribution < 1.29 is 9.90 Å². The Bertz CT molecular complexity index is 952. The maximum Gasteiger partial charge on any atom is 0.307 e. The molecule has 5 nitrogen and oxygen atoms in total. The number of hydrogen-bond acceptors (Lipinski definition) is 5. The standard InChI is InChI=1S/C19H16ClN3O2S/c20-16-8-7-15(26-16)19-22-14(12-3-4-12)10-17(23-19)21-13-5-1-11(2-6-13)9-18(24)25/h1-2,5-8,10,12H,3-4,9H2,(H,24,25)(H,21,22,23). The van der Waals surface area contributed by atoms with Gasteiger partial charge in [-0.2, -0.15) is 0 Å². The molecule has 2 N–H and O–H groups in total. The van der Waals surface area contributed by atoms with Crippen LogP contribution in [0, 0.1) is 0 Å². The maximum absolute atomic E-state index is 10.8. The predicted octanol–water partition coefficient (Wildman–Crippen LogP) is 5.11. The van der Waals surface area contributed by atoms with Crippen molar-refractivity contribution in [2.24, 2.45) is 0 Å². The van der Waals surface area contributed by atoms with E-state index in [2.05, 4.69) is 10.3 Å². The van der Waals surface area contributed by atoms with Crippen molar-refractivity contribution in [2.75, 3.05) is 5.32 Å². The molecule has 2 aromatic heterocycles. The molecular formula is C19H16ClN3O2S. The zero-order chi connectivity index (χ0) is 18.1. The highest BCUT2D eigenvalue weighted by molar-refractivity contribution is 7.19. The summed E-state index contributed by atoms with van der Waals surface area (Å²) in [6.45, 7) is 0. The predicted molar refractivity (Wildman–Crippen MR) is 103 cm³/mol. The summed E-state index contributed by atoms with van der Waals surface area (Å²) < 4.78 is 0.712. The average Bonchev–Trinajstić information content (AvgIpc) is 3.37. The molecule has 0 bridgehead atoms. The molecule has 4 rings (SSSR count). The van der Waals surface area contributed by atoms with Gasteiger partial charge < -0.3 is 10.4 Å². The number of hydrogen-bond donors (Lipinski definition) is 2. The summed E-state index contributed by atoms with van der Waals surface area (Å²) in [6.07, 6.45) is 2.33. The number of carboxylic acids is 1. The summed E-state index contributed by atoms with van der Waals surface area (Å²) in [6, 6.07) is 13.1. The second-order valence-corrected chi connectivity index (χ2v) is 7.99. The number of rotatable bonds is 6. The van der Waals surface area contributed by atoms with Crippen molar-refractivity contribution in [3.8, 4) is 10.7 Å². The fraction of sp³-hybridized carbons (Fsp3) is 0.211. The molecule has 3 aromatic rings. The van der Waals surface area contributed by atoms with E-state index in [1.807, 2.05) is 30.3 Å². The Morgan fingerprint density at radius 2 is 1.96 bits per heavy atom. The number of nitrogens with one attached hydrogen (secondary N) is 1. The molecule has 0 amide bonds. The average molecular weight is 386 g/mol. The first-order chi connectivity index (χ1) is 12.6. The lowest BCUT2D eigenvalue weighted by Crippen LogP contribution is -2.01. The quantitative estimate of drug-likeness (QED) is 0.616. The van der Waals surface area contributed by atoms with E-state index in [1.54, 1.807) is 12.1 Å². The fourth-order valence-corrected chi connectivity index (χ4v) is 3.67. The van der Waals surface area contributed by atoms with Gasteiger partial charge in [0.25, 0.3) is 0 Å². The second-order valence-electron chi connectivity index (χ2n) is 6.27. The summed E-state index contributed by atoms with van der Waals surface area (Å²) in [5, 5.41) is 12.2. The Hall–Kier alpha value is -2.44. The summed E-state index contributed by atoms with van der Waals surface area (Å²) in [7, 11) is 0. The molecule has 2 heterocycles. The van der Waals surface area contributed by atoms with Crippen molar-refractivity contribution >= 4 is 40.4 Å². The Morgan fingerprint density at radius 3 is 2.58 bits per heavy atom. The minimum absolute atomic E-state index is 0.0168. The van der Waals surface area contributed by atoms with E-state index in [4.69, 9.17) is 21.7 Å². The number of halogens is 1. The highest BCUT2D eigenvalue weighted by atomic mass is 35.5. The van der Waals surface area contributed by atoms with Crippen molar-refractivity contribution in [1.82, 2.24) is 9.97 Å². The van der Waals surface area contributed by atoms with E-state index < -0.39 is 5.97 Å². The lowest BCUT2D eigenvalue weighted by Gasteiger charge is -2.10. The molecule has 0 unspecified atom stereocenters. The van der Waals surface area contributed by atoms with Gasteiger partial charge in [-0.05, 0) is 42.7 Å². The van der Waals surface area contributed by atoms with E-state index in [9.17, 15) is 4.79 Å². The molecule has 1 saturated carbocycles. The fourth-order valence-electron chi connectivity index (χ4n) is 2.69. The van der Waals surface area contributed by atoms with E-state index in [0.717, 1.165) is 40.5 Å². The minimum Gasteiger partial charge on any atom is -0.481 e. The van der Waals surface area contributed by atoms with Gasteiger partial charge in [-0.15, -0.1) is 11.3 Å². The first kappa shape index (κ1) is 17.0. The van der Waals surface area contributed by atoms with Gasteiger partial charge in [0, 0.05) is 23.4 Å². The van der Waals surface area contributed by atoms with E-state index in [0.29, 0.717) is 16.1 Å². The summed E-state index contributed by atoms with van der Waals surface area (Å²) in [5.41, 5.74) is 2.66. The number of anilines is 2. The summed E-state index contributed by atoms with van der Waals surface area (Å²) >= 11 is 7.51. The van der Waals surface area contributed by atoms with E-state index in [-0.39, 0.29) is 6.42 Å². The van der Waals surface area contributed by atoms with Crippen LogP contribution in [0.1, 0.15) is 30.0 Å². The number of aromatic nitrogens is 2. The monoisotopic (exact) mass is 385 g/mol. The van der Waals surface area contributed by atoms with Crippen LogP contribution in [-0.4, -0.2) is 21.0 Å². The molecule has 1 aromatic carbocycles. The van der Waals surface area contributed by atoms with Crippen LogP contribution in [0.5, 0.6) is 0 Å². The van der Waals surface area contributed by atoms with Crippen molar-refractivity contribution in [3.63, 3.8) is 0 Å². The SMILES string of the molecule is O=C(O)Cc1ccc(Nc2cc(C3CC3)nc(-c3ccc(Cl)s3)n2)cc1. The molecule has 26 heavy (non-hydrogen) atoms. The topological polar surface area (TPSA) is 75.1 Å². The van der Waals surface area contributed by atoms with Gasteiger partial charge in [0.15, 0.2) is 5.82 Å². The van der Waals surface area contributed by atoms with Crippen LogP contribution >= 0.6 is 22.9 Å². The molecule has 132 valence electrons. The van der Waals surface area contributed by atoms with Crippen LogP contribution in [0.25, 0.3) is 10.7 Å². The summed E-state index contributed by atoms with van der Waals surface area (Å²) in [5.74, 6) is 1.07. The van der Waals surface area contributed by atoms with Gasteiger partial charge >= 0.3 is 5.97 Å². The van der Waals surface area contributed by atoms with E-state index in [1.165, 1.54) is 11.3 Å². The normalized spacial score (nSPS) is 13.6. The van der Waals surface area contributed by atoms with Gasteiger partial charge in [0.2, 0.25) is 0 Å². The largest absolute Gasteiger partial charge is 0.481 e. The van der Waals surface area contributed by atoms with Crippen LogP contribution in [0.15, 0.2) is 42.5 Å². The third kappa shape index (κ3) is 4.03. The third-order valence-corrected chi connectivity index (χ3v) is 5.34. The van der Waals surface area contributed by atoms with Crippen molar-refractivity contribution in [3.05, 3.63) is 58.1 Å². The van der Waals surface area contributed by atoms with Crippen LogP contribution in [-0.2, 0) is 11.2 Å². The molecule has 0 saturated heterocycles. The van der Waals surface area contributed by atoms with Crippen LogP contribution in [0.3, 0.4) is 0 Å². The zero-order valence-corrected chi connectivity index (χ0v) is 15.3. The molecule has 1 fully saturated rings. The number of carboxylic acid groups (broad SMARTS) is 1. The first-order valence-corrected chi connectivity index (χ1v) is 9.49. The van der Waals surface area contributed by atoms with Gasteiger partial charge in [-0.3, -0.25) is 4.79 Å². The Balaban J connectivity index is 1.61. The lowest BCUT2D eigenvalue weighted by atomic mass is 10.1. The van der Waals surface area contributed by atoms with E-state index >= 15 is 0 Å². The highest BCUT2D eigenvalue weighted by Crippen LogP contribution is 2.41. The first-order valence-electron chi connectivity index (χ1n) is 8.29. The van der Waals surface area contributed by atoms with Crippen molar-refractivity contribution in [2.45, 2.75) is 25.2 Å². The van der Waals surface area contributed by atoms with Crippen LogP contribution in [0.2, 0.25) is 4.34 Å². The smallest absolute Gasteiger partial charge is 0.307 e. The van der Waals surface area contributed by atoms with Crippen LogP contribution < -0.4 is 5.32 Å². The second kappa shape index (κ2) is 7.05. The Kier molecular flexibility index (Phi) is 4.61. The molecule has 7 heteroatoms. The number of benzene rings is 1. The number of thiophene rings is 1. The molecule has 0 radical (unpaired) electrons. The number of nitrogens with zero attached hydrogens (tertiary/aromatic N) is 2. The van der Waals surface area contributed by atoms with Crippen molar-refractivity contribution in [1.29, 1.82) is 0 Å². The molecule has 1 aliphatic carbocycles. The third-order valence-electron chi connectivity index (χ3n) is 4.12. The van der Waals surface area contributed by atoms with Gasteiger partial charge in [-0.25, -0.2) is 9.97 Å². The van der Waals surface area contributed by atoms with Gasteiger partial charge in [0.1, 0.15) is 5.82 Å². The molecule has 0 spiro atoms. The number of carbonyl (C=O) groups is 1. The molecule has 1 aliphatic rings. The maximum atomic E-state index is 10.8. The van der Waals surface area contributed by atoms with Gasteiger partial charge in [0.05, 0.1) is 15.6 Å². The Labute approximate surface area is 159 Å². The van der Waals surface area contributed by atoms with Crippen LogP contribution in [0.4, 0.5) is 11.5 Å². The molecular weight excluding hydrogens is 370 g/mol. The number of aliphatic carboxylic acids is 1. The Morgan fingerprint density at radius 1 is 1.19 bits per heavy atom.